The highest BCUT2D eigenvalue weighted by molar-refractivity contribution is 7.99. The van der Waals surface area contributed by atoms with Gasteiger partial charge in [-0.05, 0) is 62.6 Å². The molecule has 112 valence electrons. The molecule has 1 N–H and O–H groups in total. The first kappa shape index (κ1) is 16.1. The Bertz CT molecular complexity index is 605. The average Bonchev–Trinajstić information content (AvgIpc) is 2.44. The van der Waals surface area contributed by atoms with Crippen LogP contribution in [0.15, 0.2) is 46.2 Å². The van der Waals surface area contributed by atoms with Crippen molar-refractivity contribution in [1.82, 2.24) is 5.32 Å². The standard InChI is InChI=1S/C19H25NS/c1-5-10-20-13-17-7-9-19(16(4)12-17)21-18-8-6-14(2)11-15(18)3/h6-9,11-12,20H,5,10,13H2,1-4H3. The Kier molecular flexibility index (Phi) is 5.89. The molecular formula is C19H25NS. The summed E-state index contributed by atoms with van der Waals surface area (Å²) >= 11 is 1.87. The minimum atomic E-state index is 0.961. The molecule has 0 fully saturated rings. The molecule has 2 aromatic rings. The minimum Gasteiger partial charge on any atom is -0.313 e. The van der Waals surface area contributed by atoms with Gasteiger partial charge >= 0.3 is 0 Å². The molecule has 0 aliphatic carbocycles. The first-order chi connectivity index (χ1) is 10.1. The molecule has 0 unspecified atom stereocenters. The van der Waals surface area contributed by atoms with Crippen molar-refractivity contribution < 1.29 is 0 Å². The lowest BCUT2D eigenvalue weighted by Gasteiger charge is -2.11. The van der Waals surface area contributed by atoms with Crippen molar-refractivity contribution >= 4 is 11.8 Å². The van der Waals surface area contributed by atoms with E-state index < -0.39 is 0 Å². The number of hydrogen-bond acceptors (Lipinski definition) is 2. The number of hydrogen-bond donors (Lipinski definition) is 1. The summed E-state index contributed by atoms with van der Waals surface area (Å²) in [4.78, 5) is 2.70. The van der Waals surface area contributed by atoms with Gasteiger partial charge in [0.1, 0.15) is 0 Å². The summed E-state index contributed by atoms with van der Waals surface area (Å²) in [6.07, 6.45) is 1.18. The van der Waals surface area contributed by atoms with Gasteiger partial charge in [0.15, 0.2) is 0 Å². The van der Waals surface area contributed by atoms with E-state index in [0.717, 1.165) is 13.1 Å². The lowest BCUT2D eigenvalue weighted by Crippen LogP contribution is -2.13. The van der Waals surface area contributed by atoms with Gasteiger partial charge in [0, 0.05) is 16.3 Å². The van der Waals surface area contributed by atoms with Crippen molar-refractivity contribution in [3.8, 4) is 0 Å². The highest BCUT2D eigenvalue weighted by Crippen LogP contribution is 2.33. The molecule has 21 heavy (non-hydrogen) atoms. The fraction of sp³-hybridized carbons (Fsp3) is 0.368. The molecule has 0 radical (unpaired) electrons. The van der Waals surface area contributed by atoms with E-state index in [1.54, 1.807) is 0 Å². The number of aryl methyl sites for hydroxylation is 3. The summed E-state index contributed by atoms with van der Waals surface area (Å²) in [5, 5.41) is 3.46. The lowest BCUT2D eigenvalue weighted by atomic mass is 10.1. The van der Waals surface area contributed by atoms with Crippen molar-refractivity contribution in [2.24, 2.45) is 0 Å². The van der Waals surface area contributed by atoms with Crippen molar-refractivity contribution in [1.29, 1.82) is 0 Å². The fourth-order valence-corrected chi connectivity index (χ4v) is 3.33. The largest absolute Gasteiger partial charge is 0.313 e. The molecule has 0 bridgehead atoms. The molecule has 0 saturated carbocycles. The molecule has 0 saturated heterocycles. The predicted molar refractivity (Wildman–Crippen MR) is 93.2 cm³/mol. The zero-order valence-electron chi connectivity index (χ0n) is 13.5. The molecule has 0 aromatic heterocycles. The SMILES string of the molecule is CCCNCc1ccc(Sc2ccc(C)cc2C)c(C)c1. The maximum absolute atomic E-state index is 3.46. The van der Waals surface area contributed by atoms with Gasteiger partial charge in [-0.15, -0.1) is 0 Å². The topological polar surface area (TPSA) is 12.0 Å². The second-order valence-corrected chi connectivity index (χ2v) is 6.73. The smallest absolute Gasteiger partial charge is 0.0205 e. The Labute approximate surface area is 133 Å². The molecule has 0 aliphatic rings. The van der Waals surface area contributed by atoms with E-state index in [1.165, 1.54) is 38.5 Å². The molecule has 2 aromatic carbocycles. The summed E-state index contributed by atoms with van der Waals surface area (Å²) in [5.41, 5.74) is 5.40. The molecule has 2 rings (SSSR count). The second kappa shape index (κ2) is 7.67. The molecule has 1 nitrogen and oxygen atoms in total. The number of benzene rings is 2. The van der Waals surface area contributed by atoms with Crippen LogP contribution in [0.5, 0.6) is 0 Å². The molecule has 2 heteroatoms. The van der Waals surface area contributed by atoms with Crippen LogP contribution in [0, 0.1) is 20.8 Å². The predicted octanol–water partition coefficient (Wildman–Crippen LogP) is 5.26. The van der Waals surface area contributed by atoms with Gasteiger partial charge in [-0.1, -0.05) is 48.5 Å². The van der Waals surface area contributed by atoms with E-state index in [2.05, 4.69) is 69.4 Å². The Balaban J connectivity index is 2.10. The average molecular weight is 299 g/mol. The third-order valence-electron chi connectivity index (χ3n) is 3.55. The van der Waals surface area contributed by atoms with Gasteiger partial charge in [-0.3, -0.25) is 0 Å². The maximum Gasteiger partial charge on any atom is 0.0205 e. The Morgan fingerprint density at radius 1 is 0.905 bits per heavy atom. The van der Waals surface area contributed by atoms with Gasteiger partial charge in [0.2, 0.25) is 0 Å². The van der Waals surface area contributed by atoms with Crippen LogP contribution in [0.25, 0.3) is 0 Å². The van der Waals surface area contributed by atoms with E-state index in [0.29, 0.717) is 0 Å². The third-order valence-corrected chi connectivity index (χ3v) is 4.90. The number of nitrogens with one attached hydrogen (secondary N) is 1. The van der Waals surface area contributed by atoms with Crippen LogP contribution >= 0.6 is 11.8 Å². The van der Waals surface area contributed by atoms with Gasteiger partial charge in [-0.25, -0.2) is 0 Å². The molecule has 0 amide bonds. The van der Waals surface area contributed by atoms with E-state index in [-0.39, 0.29) is 0 Å². The molecular weight excluding hydrogens is 274 g/mol. The minimum absolute atomic E-state index is 0.961. The van der Waals surface area contributed by atoms with Gasteiger partial charge < -0.3 is 5.32 Å². The lowest BCUT2D eigenvalue weighted by molar-refractivity contribution is 0.675. The summed E-state index contributed by atoms with van der Waals surface area (Å²) in [6.45, 7) is 10.8. The first-order valence-corrected chi connectivity index (χ1v) is 8.47. The van der Waals surface area contributed by atoms with Crippen molar-refractivity contribution in [3.63, 3.8) is 0 Å². The van der Waals surface area contributed by atoms with Crippen LogP contribution in [-0.2, 0) is 6.54 Å². The maximum atomic E-state index is 3.46. The summed E-state index contributed by atoms with van der Waals surface area (Å²) in [5.74, 6) is 0. The van der Waals surface area contributed by atoms with Gasteiger partial charge in [0.05, 0.1) is 0 Å². The Hall–Kier alpha value is -1.25. The van der Waals surface area contributed by atoms with Crippen LogP contribution in [0.3, 0.4) is 0 Å². The Morgan fingerprint density at radius 3 is 2.19 bits per heavy atom. The zero-order chi connectivity index (χ0) is 15.2. The second-order valence-electron chi connectivity index (χ2n) is 5.65. The van der Waals surface area contributed by atoms with Crippen LogP contribution in [0.2, 0.25) is 0 Å². The Morgan fingerprint density at radius 2 is 1.57 bits per heavy atom. The summed E-state index contributed by atoms with van der Waals surface area (Å²) in [6, 6.07) is 13.5. The van der Waals surface area contributed by atoms with Crippen LogP contribution in [0.1, 0.15) is 35.6 Å². The zero-order valence-corrected chi connectivity index (χ0v) is 14.3. The normalized spacial score (nSPS) is 10.9. The molecule has 0 atom stereocenters. The van der Waals surface area contributed by atoms with Gasteiger partial charge in [0.25, 0.3) is 0 Å². The van der Waals surface area contributed by atoms with Crippen LogP contribution in [0.4, 0.5) is 0 Å². The molecule has 0 spiro atoms. The number of rotatable bonds is 6. The summed E-state index contributed by atoms with van der Waals surface area (Å²) < 4.78 is 0. The van der Waals surface area contributed by atoms with Gasteiger partial charge in [-0.2, -0.15) is 0 Å². The van der Waals surface area contributed by atoms with Crippen LogP contribution in [-0.4, -0.2) is 6.54 Å². The quantitative estimate of drug-likeness (QED) is 0.730. The first-order valence-electron chi connectivity index (χ1n) is 7.65. The summed E-state index contributed by atoms with van der Waals surface area (Å²) in [7, 11) is 0. The highest BCUT2D eigenvalue weighted by atomic mass is 32.2. The van der Waals surface area contributed by atoms with Crippen LogP contribution < -0.4 is 5.32 Å². The highest BCUT2D eigenvalue weighted by Gasteiger charge is 2.05. The molecule has 0 aliphatic heterocycles. The monoisotopic (exact) mass is 299 g/mol. The molecule has 0 heterocycles. The van der Waals surface area contributed by atoms with E-state index in [4.69, 9.17) is 0 Å². The van der Waals surface area contributed by atoms with Crippen molar-refractivity contribution in [2.45, 2.75) is 50.5 Å². The van der Waals surface area contributed by atoms with E-state index in [1.807, 2.05) is 11.8 Å². The van der Waals surface area contributed by atoms with Crippen molar-refractivity contribution in [3.05, 3.63) is 58.7 Å². The van der Waals surface area contributed by atoms with E-state index >= 15 is 0 Å². The van der Waals surface area contributed by atoms with E-state index in [9.17, 15) is 0 Å². The third kappa shape index (κ3) is 4.62. The van der Waals surface area contributed by atoms with Crippen molar-refractivity contribution in [2.75, 3.05) is 6.54 Å². The fourth-order valence-electron chi connectivity index (χ4n) is 2.38.